The van der Waals surface area contributed by atoms with Gasteiger partial charge < -0.3 is 4.90 Å². The Hall–Kier alpha value is -2.24. The van der Waals surface area contributed by atoms with Gasteiger partial charge in [-0.3, -0.25) is 9.89 Å². The number of nitrogens with zero attached hydrogens (tertiary/aromatic N) is 2. The molecule has 2 rings (SSSR count). The molecule has 0 unspecified atom stereocenters. The van der Waals surface area contributed by atoms with E-state index in [1.54, 1.807) is 0 Å². The molecule has 1 aromatic heterocycles. The molecule has 1 amide bonds. The van der Waals surface area contributed by atoms with E-state index in [9.17, 15) is 13.6 Å². The number of aromatic nitrogens is 2. The number of rotatable bonds is 4. The SMILES string of the molecule is CCN(Cc1ccc(F)c(F)c1)C(=O)c1cn[nH]c1. The van der Waals surface area contributed by atoms with E-state index in [-0.39, 0.29) is 12.5 Å². The number of carbonyl (C=O) groups excluding carboxylic acids is 1. The number of nitrogens with one attached hydrogen (secondary N) is 1. The van der Waals surface area contributed by atoms with E-state index in [4.69, 9.17) is 0 Å². The summed E-state index contributed by atoms with van der Waals surface area (Å²) in [6.45, 7) is 2.50. The number of H-pyrrole nitrogens is 1. The van der Waals surface area contributed by atoms with E-state index in [0.717, 1.165) is 12.1 Å². The molecule has 4 nitrogen and oxygen atoms in total. The molecule has 0 bridgehead atoms. The van der Waals surface area contributed by atoms with Gasteiger partial charge in [0.15, 0.2) is 11.6 Å². The highest BCUT2D eigenvalue weighted by Crippen LogP contribution is 2.12. The largest absolute Gasteiger partial charge is 0.334 e. The third kappa shape index (κ3) is 2.96. The first-order valence-corrected chi connectivity index (χ1v) is 5.83. The number of carbonyl (C=O) groups is 1. The van der Waals surface area contributed by atoms with E-state index in [1.807, 2.05) is 6.92 Å². The normalized spacial score (nSPS) is 10.5. The maximum absolute atomic E-state index is 13.1. The van der Waals surface area contributed by atoms with Crippen molar-refractivity contribution >= 4 is 5.91 Å². The molecule has 0 aliphatic carbocycles. The van der Waals surface area contributed by atoms with Crippen LogP contribution in [-0.4, -0.2) is 27.5 Å². The van der Waals surface area contributed by atoms with E-state index in [0.29, 0.717) is 17.7 Å². The minimum absolute atomic E-state index is 0.207. The molecule has 100 valence electrons. The van der Waals surface area contributed by atoms with Gasteiger partial charge in [0.1, 0.15) is 0 Å². The lowest BCUT2D eigenvalue weighted by Gasteiger charge is -2.20. The molecular weight excluding hydrogens is 252 g/mol. The summed E-state index contributed by atoms with van der Waals surface area (Å²) in [6.07, 6.45) is 2.92. The van der Waals surface area contributed by atoms with Gasteiger partial charge >= 0.3 is 0 Å². The summed E-state index contributed by atoms with van der Waals surface area (Å²) in [5.41, 5.74) is 0.974. The number of halogens is 2. The van der Waals surface area contributed by atoms with Crippen molar-refractivity contribution in [2.45, 2.75) is 13.5 Å². The monoisotopic (exact) mass is 265 g/mol. The lowest BCUT2D eigenvalue weighted by Crippen LogP contribution is -2.30. The Morgan fingerprint density at radius 3 is 2.74 bits per heavy atom. The van der Waals surface area contributed by atoms with Gasteiger partial charge in [0, 0.05) is 19.3 Å². The lowest BCUT2D eigenvalue weighted by atomic mass is 10.2. The van der Waals surface area contributed by atoms with Crippen LogP contribution in [0.3, 0.4) is 0 Å². The van der Waals surface area contributed by atoms with Crippen LogP contribution >= 0.6 is 0 Å². The fraction of sp³-hybridized carbons (Fsp3) is 0.231. The van der Waals surface area contributed by atoms with E-state index in [2.05, 4.69) is 10.2 Å². The van der Waals surface area contributed by atoms with Gasteiger partial charge in [-0.2, -0.15) is 5.10 Å². The molecule has 19 heavy (non-hydrogen) atoms. The Labute approximate surface area is 109 Å². The molecule has 1 N–H and O–H groups in total. The van der Waals surface area contributed by atoms with Gasteiger partial charge in [0.05, 0.1) is 11.8 Å². The molecule has 0 aliphatic heterocycles. The third-order valence-corrected chi connectivity index (χ3v) is 2.77. The average molecular weight is 265 g/mol. The van der Waals surface area contributed by atoms with Crippen LogP contribution in [0.5, 0.6) is 0 Å². The summed E-state index contributed by atoms with van der Waals surface area (Å²) in [7, 11) is 0. The fourth-order valence-corrected chi connectivity index (χ4v) is 1.74. The van der Waals surface area contributed by atoms with Gasteiger partial charge in [-0.1, -0.05) is 6.07 Å². The smallest absolute Gasteiger partial charge is 0.257 e. The van der Waals surface area contributed by atoms with Crippen LogP contribution in [0.15, 0.2) is 30.6 Å². The van der Waals surface area contributed by atoms with Gasteiger partial charge in [-0.15, -0.1) is 0 Å². The first-order chi connectivity index (χ1) is 9.11. The number of hydrogen-bond donors (Lipinski definition) is 1. The maximum atomic E-state index is 13.1. The second kappa shape index (κ2) is 5.60. The van der Waals surface area contributed by atoms with E-state index < -0.39 is 11.6 Å². The van der Waals surface area contributed by atoms with Crippen LogP contribution in [0, 0.1) is 11.6 Å². The molecule has 0 atom stereocenters. The van der Waals surface area contributed by atoms with Crippen molar-refractivity contribution in [3.05, 3.63) is 53.4 Å². The molecule has 2 aromatic rings. The standard InChI is InChI=1S/C13H13F2N3O/c1-2-18(13(19)10-6-16-17-7-10)8-9-3-4-11(14)12(15)5-9/h3-7H,2,8H2,1H3,(H,16,17). The number of amides is 1. The summed E-state index contributed by atoms with van der Waals surface area (Å²) in [5.74, 6) is -2.02. The fourth-order valence-electron chi connectivity index (χ4n) is 1.74. The molecule has 0 radical (unpaired) electrons. The van der Waals surface area contributed by atoms with Crippen LogP contribution in [0.4, 0.5) is 8.78 Å². The Kier molecular flexibility index (Phi) is 3.89. The minimum atomic E-state index is -0.913. The summed E-state index contributed by atoms with van der Waals surface area (Å²) in [5, 5.41) is 6.27. The van der Waals surface area contributed by atoms with Crippen LogP contribution in [-0.2, 0) is 6.54 Å². The molecule has 6 heteroatoms. The number of benzene rings is 1. The van der Waals surface area contributed by atoms with Gasteiger partial charge in [0.25, 0.3) is 5.91 Å². The Bertz CT molecular complexity index is 569. The Balaban J connectivity index is 2.15. The zero-order valence-corrected chi connectivity index (χ0v) is 10.4. The molecule has 0 saturated carbocycles. The van der Waals surface area contributed by atoms with Gasteiger partial charge in [-0.25, -0.2) is 8.78 Å². The van der Waals surface area contributed by atoms with Crippen molar-refractivity contribution in [3.8, 4) is 0 Å². The molecule has 0 aliphatic rings. The zero-order valence-electron chi connectivity index (χ0n) is 10.4. The molecule has 0 fully saturated rings. The van der Waals surface area contributed by atoms with Crippen LogP contribution in [0.2, 0.25) is 0 Å². The first-order valence-electron chi connectivity index (χ1n) is 5.83. The summed E-state index contributed by atoms with van der Waals surface area (Å²) < 4.78 is 25.9. The molecule has 1 heterocycles. The highest BCUT2D eigenvalue weighted by molar-refractivity contribution is 5.93. The maximum Gasteiger partial charge on any atom is 0.257 e. The average Bonchev–Trinajstić information content (AvgIpc) is 2.93. The van der Waals surface area contributed by atoms with E-state index in [1.165, 1.54) is 23.4 Å². The van der Waals surface area contributed by atoms with Crippen molar-refractivity contribution in [3.63, 3.8) is 0 Å². The zero-order chi connectivity index (χ0) is 13.8. The summed E-state index contributed by atoms with van der Waals surface area (Å²) in [6, 6.07) is 3.62. The van der Waals surface area contributed by atoms with Crippen molar-refractivity contribution in [1.29, 1.82) is 0 Å². The van der Waals surface area contributed by atoms with Crippen molar-refractivity contribution < 1.29 is 13.6 Å². The highest BCUT2D eigenvalue weighted by Gasteiger charge is 2.16. The second-order valence-electron chi connectivity index (χ2n) is 4.05. The quantitative estimate of drug-likeness (QED) is 0.922. The summed E-state index contributed by atoms with van der Waals surface area (Å²) in [4.78, 5) is 13.6. The highest BCUT2D eigenvalue weighted by atomic mass is 19.2. The Morgan fingerprint density at radius 1 is 1.37 bits per heavy atom. The molecule has 0 spiro atoms. The van der Waals surface area contributed by atoms with Crippen molar-refractivity contribution in [2.24, 2.45) is 0 Å². The number of hydrogen-bond acceptors (Lipinski definition) is 2. The third-order valence-electron chi connectivity index (χ3n) is 2.77. The Morgan fingerprint density at radius 2 is 2.16 bits per heavy atom. The topological polar surface area (TPSA) is 49.0 Å². The molecule has 0 saturated heterocycles. The molecular formula is C13H13F2N3O. The van der Waals surface area contributed by atoms with Gasteiger partial charge in [-0.05, 0) is 24.6 Å². The minimum Gasteiger partial charge on any atom is -0.334 e. The van der Waals surface area contributed by atoms with Gasteiger partial charge in [0.2, 0.25) is 0 Å². The van der Waals surface area contributed by atoms with Crippen LogP contribution in [0.1, 0.15) is 22.8 Å². The van der Waals surface area contributed by atoms with Crippen molar-refractivity contribution in [2.75, 3.05) is 6.54 Å². The van der Waals surface area contributed by atoms with Crippen molar-refractivity contribution in [1.82, 2.24) is 15.1 Å². The summed E-state index contributed by atoms with van der Waals surface area (Å²) >= 11 is 0. The van der Waals surface area contributed by atoms with E-state index >= 15 is 0 Å². The predicted molar refractivity (Wildman–Crippen MR) is 65.4 cm³/mol. The van der Waals surface area contributed by atoms with Crippen LogP contribution < -0.4 is 0 Å². The second-order valence-corrected chi connectivity index (χ2v) is 4.05. The predicted octanol–water partition coefficient (Wildman–Crippen LogP) is 2.35. The number of aromatic amines is 1. The lowest BCUT2D eigenvalue weighted by molar-refractivity contribution is 0.0752. The molecule has 1 aromatic carbocycles. The van der Waals surface area contributed by atoms with Crippen LogP contribution in [0.25, 0.3) is 0 Å². The first kappa shape index (κ1) is 13.2.